The summed E-state index contributed by atoms with van der Waals surface area (Å²) in [6, 6.07) is 20.1. The van der Waals surface area contributed by atoms with Crippen LogP contribution in [0.3, 0.4) is 0 Å². The van der Waals surface area contributed by atoms with E-state index in [1.165, 1.54) is 18.2 Å². The third-order valence-electron chi connectivity index (χ3n) is 4.63. The Labute approximate surface area is 198 Å². The van der Waals surface area contributed by atoms with Crippen LogP contribution in [0, 0.1) is 17.1 Å². The van der Waals surface area contributed by atoms with Gasteiger partial charge in [-0.25, -0.2) is 4.39 Å². The van der Waals surface area contributed by atoms with Crippen molar-refractivity contribution in [1.82, 2.24) is 0 Å². The van der Waals surface area contributed by atoms with Gasteiger partial charge in [0, 0.05) is 11.8 Å². The van der Waals surface area contributed by atoms with E-state index in [9.17, 15) is 14.4 Å². The molecule has 7 heteroatoms. The van der Waals surface area contributed by atoms with Gasteiger partial charge in [0.15, 0.2) is 11.5 Å². The Morgan fingerprint density at radius 2 is 1.76 bits per heavy atom. The fraction of sp³-hybridized carbons (Fsp3) is 0.185. The van der Waals surface area contributed by atoms with Crippen LogP contribution in [0.1, 0.15) is 25.0 Å². The molecule has 34 heavy (non-hydrogen) atoms. The molecule has 0 aliphatic heterocycles. The normalized spacial score (nSPS) is 10.8. The molecule has 6 nitrogen and oxygen atoms in total. The second-order valence-corrected chi connectivity index (χ2v) is 7.14. The van der Waals surface area contributed by atoms with E-state index in [1.54, 1.807) is 54.6 Å². The smallest absolute Gasteiger partial charge is 0.266 e. The Morgan fingerprint density at radius 1 is 0.971 bits per heavy atom. The van der Waals surface area contributed by atoms with Crippen LogP contribution in [0.15, 0.2) is 72.3 Å². The summed E-state index contributed by atoms with van der Waals surface area (Å²) in [5.41, 5.74) is 1.73. The van der Waals surface area contributed by atoms with Gasteiger partial charge in [-0.1, -0.05) is 24.3 Å². The lowest BCUT2D eigenvalue weighted by Gasteiger charge is -2.13. The molecule has 0 spiro atoms. The topological polar surface area (TPSA) is 80.6 Å². The van der Waals surface area contributed by atoms with E-state index in [-0.39, 0.29) is 18.0 Å². The highest BCUT2D eigenvalue weighted by Crippen LogP contribution is 2.30. The minimum absolute atomic E-state index is 0.0716. The van der Waals surface area contributed by atoms with Crippen molar-refractivity contribution in [2.75, 3.05) is 18.5 Å². The van der Waals surface area contributed by atoms with Gasteiger partial charge >= 0.3 is 0 Å². The van der Waals surface area contributed by atoms with Gasteiger partial charge in [-0.3, -0.25) is 4.79 Å². The van der Waals surface area contributed by atoms with Crippen LogP contribution >= 0.6 is 0 Å². The van der Waals surface area contributed by atoms with Crippen molar-refractivity contribution < 1.29 is 23.4 Å². The first-order valence-electron chi connectivity index (χ1n) is 10.8. The molecule has 1 N–H and O–H groups in total. The molecular weight excluding hydrogens is 435 g/mol. The number of amides is 1. The van der Waals surface area contributed by atoms with Crippen molar-refractivity contribution in [2.45, 2.75) is 20.5 Å². The first kappa shape index (κ1) is 24.3. The van der Waals surface area contributed by atoms with Gasteiger partial charge in [0.1, 0.15) is 29.8 Å². The maximum absolute atomic E-state index is 13.4. The number of nitriles is 1. The van der Waals surface area contributed by atoms with Crippen molar-refractivity contribution >= 4 is 17.7 Å². The van der Waals surface area contributed by atoms with Crippen LogP contribution in [-0.4, -0.2) is 19.1 Å². The number of carbonyl (C=O) groups excluding carboxylic acids is 1. The Balaban J connectivity index is 1.76. The fourth-order valence-corrected chi connectivity index (χ4v) is 3.13. The van der Waals surface area contributed by atoms with E-state index < -0.39 is 5.91 Å². The summed E-state index contributed by atoms with van der Waals surface area (Å²) in [4.78, 5) is 12.7. The summed E-state index contributed by atoms with van der Waals surface area (Å²) in [6.45, 7) is 4.77. The van der Waals surface area contributed by atoms with Gasteiger partial charge in [-0.15, -0.1) is 0 Å². The molecule has 0 bridgehead atoms. The Kier molecular flexibility index (Phi) is 8.64. The van der Waals surface area contributed by atoms with E-state index >= 15 is 0 Å². The van der Waals surface area contributed by atoms with Gasteiger partial charge < -0.3 is 19.5 Å². The van der Waals surface area contributed by atoms with E-state index in [0.29, 0.717) is 47.3 Å². The number of benzene rings is 3. The number of nitrogens with zero attached hydrogens (tertiary/aromatic N) is 1. The molecule has 3 aromatic carbocycles. The van der Waals surface area contributed by atoms with Crippen LogP contribution in [0.2, 0.25) is 0 Å². The van der Waals surface area contributed by atoms with E-state index in [2.05, 4.69) is 5.32 Å². The van der Waals surface area contributed by atoms with Gasteiger partial charge in [0.2, 0.25) is 0 Å². The first-order valence-corrected chi connectivity index (χ1v) is 10.8. The van der Waals surface area contributed by atoms with Gasteiger partial charge in [0.25, 0.3) is 5.91 Å². The molecule has 0 aliphatic carbocycles. The molecule has 0 fully saturated rings. The molecular formula is C27H25FN2O4. The lowest BCUT2D eigenvalue weighted by atomic mass is 10.1. The van der Waals surface area contributed by atoms with E-state index in [0.717, 1.165) is 0 Å². The highest BCUT2D eigenvalue weighted by molar-refractivity contribution is 6.09. The average Bonchev–Trinajstić information content (AvgIpc) is 2.82. The molecule has 0 radical (unpaired) electrons. The van der Waals surface area contributed by atoms with Crippen molar-refractivity contribution in [2.24, 2.45) is 0 Å². The molecule has 1 amide bonds. The highest BCUT2D eigenvalue weighted by Gasteiger charge is 2.12. The van der Waals surface area contributed by atoms with Crippen molar-refractivity contribution in [1.29, 1.82) is 5.26 Å². The molecule has 3 aromatic rings. The third-order valence-corrected chi connectivity index (χ3v) is 4.63. The predicted octanol–water partition coefficient (Wildman–Crippen LogP) is 5.75. The molecule has 0 saturated heterocycles. The summed E-state index contributed by atoms with van der Waals surface area (Å²) in [5, 5.41) is 12.3. The highest BCUT2D eigenvalue weighted by atomic mass is 19.1. The van der Waals surface area contributed by atoms with Crippen LogP contribution in [0.25, 0.3) is 6.08 Å². The number of carbonyl (C=O) groups is 1. The van der Waals surface area contributed by atoms with Gasteiger partial charge in [0.05, 0.1) is 13.2 Å². The van der Waals surface area contributed by atoms with Gasteiger partial charge in [-0.05, 0) is 67.4 Å². The number of nitrogens with one attached hydrogen (secondary N) is 1. The third kappa shape index (κ3) is 6.84. The molecule has 0 unspecified atom stereocenters. The molecule has 0 atom stereocenters. The summed E-state index contributed by atoms with van der Waals surface area (Å²) in [6.07, 6.45) is 1.47. The summed E-state index contributed by atoms with van der Waals surface area (Å²) >= 11 is 0. The number of rotatable bonds is 10. The summed E-state index contributed by atoms with van der Waals surface area (Å²) in [7, 11) is 0. The largest absolute Gasteiger partial charge is 0.494 e. The van der Waals surface area contributed by atoms with Crippen LogP contribution < -0.4 is 19.5 Å². The lowest BCUT2D eigenvalue weighted by Crippen LogP contribution is -2.13. The van der Waals surface area contributed by atoms with E-state index in [4.69, 9.17) is 14.2 Å². The minimum atomic E-state index is -0.541. The van der Waals surface area contributed by atoms with Crippen LogP contribution in [0.4, 0.5) is 10.1 Å². The predicted molar refractivity (Wildman–Crippen MR) is 128 cm³/mol. The second kappa shape index (κ2) is 12.1. The van der Waals surface area contributed by atoms with Crippen molar-refractivity contribution in [3.05, 3.63) is 89.2 Å². The SMILES string of the molecule is CCOc1cccc(NC(=O)/C(C#N)=C\c2ccc(OCc3cccc(F)c3)c(OCC)c2)c1. The summed E-state index contributed by atoms with van der Waals surface area (Å²) in [5.74, 6) is 0.672. The van der Waals surface area contributed by atoms with Crippen molar-refractivity contribution in [3.63, 3.8) is 0 Å². The zero-order chi connectivity index (χ0) is 24.3. The van der Waals surface area contributed by atoms with Crippen LogP contribution in [-0.2, 0) is 11.4 Å². The van der Waals surface area contributed by atoms with Crippen molar-refractivity contribution in [3.8, 4) is 23.3 Å². The Hall–Kier alpha value is -4.31. The lowest BCUT2D eigenvalue weighted by molar-refractivity contribution is -0.112. The standard InChI is InChI=1S/C27H25FN2O4/c1-3-32-24-10-6-9-23(16-24)30-27(31)21(17-29)13-19-11-12-25(26(15-19)33-4-2)34-18-20-7-5-8-22(28)14-20/h5-16H,3-4,18H2,1-2H3,(H,30,31)/b21-13-. The monoisotopic (exact) mass is 460 g/mol. The first-order chi connectivity index (χ1) is 16.5. The minimum Gasteiger partial charge on any atom is -0.494 e. The summed E-state index contributed by atoms with van der Waals surface area (Å²) < 4.78 is 30.3. The number of hydrogen-bond acceptors (Lipinski definition) is 5. The molecule has 0 aromatic heterocycles. The van der Waals surface area contributed by atoms with Crippen LogP contribution in [0.5, 0.6) is 17.2 Å². The molecule has 3 rings (SSSR count). The van der Waals surface area contributed by atoms with Gasteiger partial charge in [-0.2, -0.15) is 5.26 Å². The maximum atomic E-state index is 13.4. The number of halogens is 1. The fourth-order valence-electron chi connectivity index (χ4n) is 3.13. The zero-order valence-electron chi connectivity index (χ0n) is 19.0. The molecule has 0 aliphatic rings. The average molecular weight is 461 g/mol. The quantitative estimate of drug-likeness (QED) is 0.308. The number of anilines is 1. The number of hydrogen-bond donors (Lipinski definition) is 1. The van der Waals surface area contributed by atoms with E-state index in [1.807, 2.05) is 19.9 Å². The number of ether oxygens (including phenoxy) is 3. The maximum Gasteiger partial charge on any atom is 0.266 e. The Morgan fingerprint density at radius 3 is 2.50 bits per heavy atom. The Bertz CT molecular complexity index is 1220. The zero-order valence-corrected chi connectivity index (χ0v) is 19.0. The molecule has 0 heterocycles. The second-order valence-electron chi connectivity index (χ2n) is 7.14. The molecule has 174 valence electrons. The molecule has 0 saturated carbocycles.